The maximum absolute atomic E-state index is 12.9. The number of benzene rings is 1. The number of carbonyl (C=O) groups excluding carboxylic acids is 1. The summed E-state index contributed by atoms with van der Waals surface area (Å²) in [4.78, 5) is 15.7. The Morgan fingerprint density at radius 1 is 1.30 bits per heavy atom. The molecule has 0 saturated carbocycles. The Labute approximate surface area is 138 Å². The second-order valence-electron chi connectivity index (χ2n) is 5.06. The van der Waals surface area contributed by atoms with E-state index in [1.54, 1.807) is 24.3 Å². The van der Waals surface area contributed by atoms with E-state index in [9.17, 15) is 14.3 Å². The molecule has 1 aromatic heterocycles. The third-order valence-electron chi connectivity index (χ3n) is 3.25. The molecule has 0 spiro atoms. The summed E-state index contributed by atoms with van der Waals surface area (Å²) in [7, 11) is 0. The Hall–Kier alpha value is -2.18. The Morgan fingerprint density at radius 3 is 2.70 bits per heavy atom. The number of carbonyl (C=O) groups is 1. The summed E-state index contributed by atoms with van der Waals surface area (Å²) in [6.45, 7) is 0.183. The zero-order valence-corrected chi connectivity index (χ0v) is 13.1. The van der Waals surface area contributed by atoms with Crippen molar-refractivity contribution in [3.05, 3.63) is 59.1 Å². The molecule has 2 rings (SSSR count). The number of pyridine rings is 1. The van der Waals surface area contributed by atoms with Crippen LogP contribution < -0.4 is 10.6 Å². The number of aliphatic hydroxyl groups is 1. The van der Waals surface area contributed by atoms with E-state index >= 15 is 0 Å². The van der Waals surface area contributed by atoms with Crippen molar-refractivity contribution in [2.24, 2.45) is 5.92 Å². The number of aliphatic hydroxyl groups excluding tert-OH is 1. The van der Waals surface area contributed by atoms with Crippen LogP contribution in [0.25, 0.3) is 0 Å². The average Bonchev–Trinajstić information content (AvgIpc) is 2.55. The van der Waals surface area contributed by atoms with Crippen LogP contribution in [0.4, 0.5) is 14.9 Å². The van der Waals surface area contributed by atoms with Gasteiger partial charge in [0.15, 0.2) is 5.15 Å². The van der Waals surface area contributed by atoms with Gasteiger partial charge in [-0.1, -0.05) is 23.7 Å². The van der Waals surface area contributed by atoms with Crippen molar-refractivity contribution in [2.45, 2.75) is 6.42 Å². The number of anilines is 1. The first-order valence-electron chi connectivity index (χ1n) is 7.09. The molecule has 1 unspecified atom stereocenters. The molecule has 0 radical (unpaired) electrons. The molecule has 0 saturated heterocycles. The molecule has 5 nitrogen and oxygen atoms in total. The van der Waals surface area contributed by atoms with Gasteiger partial charge in [0.1, 0.15) is 5.82 Å². The first-order valence-corrected chi connectivity index (χ1v) is 7.47. The predicted octanol–water partition coefficient (Wildman–Crippen LogP) is 2.85. The predicted molar refractivity (Wildman–Crippen MR) is 86.9 cm³/mol. The molecule has 0 aliphatic rings. The van der Waals surface area contributed by atoms with E-state index in [-0.39, 0.29) is 30.0 Å². The van der Waals surface area contributed by atoms with Crippen LogP contribution in [0.2, 0.25) is 5.15 Å². The number of hydrogen-bond donors (Lipinski definition) is 3. The highest BCUT2D eigenvalue weighted by Gasteiger charge is 2.12. The summed E-state index contributed by atoms with van der Waals surface area (Å²) in [6, 6.07) is 8.92. The van der Waals surface area contributed by atoms with E-state index < -0.39 is 6.03 Å². The van der Waals surface area contributed by atoms with Gasteiger partial charge in [0.05, 0.1) is 5.69 Å². The highest BCUT2D eigenvalue weighted by Crippen LogP contribution is 2.17. The van der Waals surface area contributed by atoms with Crippen molar-refractivity contribution in [1.29, 1.82) is 0 Å². The molecular weight excluding hydrogens is 321 g/mol. The number of urea groups is 1. The van der Waals surface area contributed by atoms with Gasteiger partial charge in [-0.05, 0) is 36.2 Å². The lowest BCUT2D eigenvalue weighted by atomic mass is 10.00. The standard InChI is InChI=1S/C16H17ClFN3O2/c17-15-14(2-1-7-19-15)21-16(23)20-9-12(10-22)8-11-3-5-13(18)6-4-11/h1-7,12,22H,8-10H2,(H2,20,21,23). The second-order valence-corrected chi connectivity index (χ2v) is 5.41. The molecule has 23 heavy (non-hydrogen) atoms. The molecule has 1 heterocycles. The van der Waals surface area contributed by atoms with Crippen LogP contribution in [0.1, 0.15) is 5.56 Å². The summed E-state index contributed by atoms with van der Waals surface area (Å²) < 4.78 is 12.9. The van der Waals surface area contributed by atoms with Gasteiger partial charge in [-0.3, -0.25) is 0 Å². The van der Waals surface area contributed by atoms with E-state index in [2.05, 4.69) is 15.6 Å². The molecule has 2 amide bonds. The molecule has 7 heteroatoms. The van der Waals surface area contributed by atoms with Crippen molar-refractivity contribution in [1.82, 2.24) is 10.3 Å². The lowest BCUT2D eigenvalue weighted by molar-refractivity contribution is 0.218. The normalized spacial score (nSPS) is 11.8. The number of rotatable bonds is 6. The Bertz CT molecular complexity index is 652. The maximum atomic E-state index is 12.9. The number of amides is 2. The Balaban J connectivity index is 1.84. The van der Waals surface area contributed by atoms with Crippen molar-refractivity contribution in [2.75, 3.05) is 18.5 Å². The topological polar surface area (TPSA) is 74.2 Å². The average molecular weight is 338 g/mol. The number of nitrogens with zero attached hydrogens (tertiary/aromatic N) is 1. The van der Waals surface area contributed by atoms with Crippen molar-refractivity contribution < 1.29 is 14.3 Å². The molecule has 0 aliphatic heterocycles. The number of aromatic nitrogens is 1. The Kier molecular flexibility index (Phi) is 6.31. The quantitative estimate of drug-likeness (QED) is 0.710. The van der Waals surface area contributed by atoms with Gasteiger partial charge in [0, 0.05) is 25.3 Å². The molecule has 0 fully saturated rings. The first kappa shape index (κ1) is 17.2. The fraction of sp³-hybridized carbons (Fsp3) is 0.250. The van der Waals surface area contributed by atoms with E-state index in [1.165, 1.54) is 18.3 Å². The molecule has 0 bridgehead atoms. The van der Waals surface area contributed by atoms with Gasteiger partial charge in [0.2, 0.25) is 0 Å². The van der Waals surface area contributed by atoms with Crippen LogP contribution in [-0.4, -0.2) is 29.3 Å². The van der Waals surface area contributed by atoms with Gasteiger partial charge in [-0.2, -0.15) is 0 Å². The number of hydrogen-bond acceptors (Lipinski definition) is 3. The van der Waals surface area contributed by atoms with Crippen LogP contribution in [-0.2, 0) is 6.42 Å². The molecule has 2 aromatic rings. The van der Waals surface area contributed by atoms with E-state index in [4.69, 9.17) is 11.6 Å². The molecule has 3 N–H and O–H groups in total. The lowest BCUT2D eigenvalue weighted by Gasteiger charge is -2.16. The largest absolute Gasteiger partial charge is 0.396 e. The van der Waals surface area contributed by atoms with Crippen molar-refractivity contribution >= 4 is 23.3 Å². The van der Waals surface area contributed by atoms with Crippen LogP contribution in [0.3, 0.4) is 0 Å². The zero-order chi connectivity index (χ0) is 16.7. The molecule has 122 valence electrons. The van der Waals surface area contributed by atoms with Crippen molar-refractivity contribution in [3.8, 4) is 0 Å². The highest BCUT2D eigenvalue weighted by molar-refractivity contribution is 6.32. The molecule has 1 atom stereocenters. The minimum atomic E-state index is -0.433. The monoisotopic (exact) mass is 337 g/mol. The third kappa shape index (κ3) is 5.50. The van der Waals surface area contributed by atoms with Gasteiger partial charge in [-0.25, -0.2) is 14.2 Å². The fourth-order valence-corrected chi connectivity index (χ4v) is 2.20. The van der Waals surface area contributed by atoms with Gasteiger partial charge in [0.25, 0.3) is 0 Å². The van der Waals surface area contributed by atoms with E-state index in [0.29, 0.717) is 12.1 Å². The summed E-state index contributed by atoms with van der Waals surface area (Å²) in [5, 5.41) is 14.9. The Morgan fingerprint density at radius 2 is 2.04 bits per heavy atom. The first-order chi connectivity index (χ1) is 11.1. The van der Waals surface area contributed by atoms with Gasteiger partial charge in [-0.15, -0.1) is 0 Å². The maximum Gasteiger partial charge on any atom is 0.319 e. The fourth-order valence-electron chi connectivity index (χ4n) is 2.04. The minimum Gasteiger partial charge on any atom is -0.396 e. The molecule has 1 aromatic carbocycles. The van der Waals surface area contributed by atoms with Crippen LogP contribution in [0.5, 0.6) is 0 Å². The lowest BCUT2D eigenvalue weighted by Crippen LogP contribution is -2.35. The summed E-state index contributed by atoms with van der Waals surface area (Å²) in [6.07, 6.45) is 2.06. The van der Waals surface area contributed by atoms with Crippen LogP contribution >= 0.6 is 11.6 Å². The smallest absolute Gasteiger partial charge is 0.319 e. The molecule has 0 aliphatic carbocycles. The number of nitrogens with one attached hydrogen (secondary N) is 2. The minimum absolute atomic E-state index is 0.0920. The van der Waals surface area contributed by atoms with Crippen molar-refractivity contribution in [3.63, 3.8) is 0 Å². The highest BCUT2D eigenvalue weighted by atomic mass is 35.5. The van der Waals surface area contributed by atoms with E-state index in [0.717, 1.165) is 5.56 Å². The summed E-state index contributed by atoms with van der Waals surface area (Å²) in [5.41, 5.74) is 1.30. The van der Waals surface area contributed by atoms with Crippen LogP contribution in [0.15, 0.2) is 42.6 Å². The molecular formula is C16H17ClFN3O2. The zero-order valence-electron chi connectivity index (χ0n) is 12.3. The third-order valence-corrected chi connectivity index (χ3v) is 3.56. The summed E-state index contributed by atoms with van der Waals surface area (Å²) in [5.74, 6) is -0.476. The number of halogens is 2. The summed E-state index contributed by atoms with van der Waals surface area (Å²) >= 11 is 5.85. The van der Waals surface area contributed by atoms with Gasteiger partial charge < -0.3 is 15.7 Å². The van der Waals surface area contributed by atoms with Gasteiger partial charge >= 0.3 is 6.03 Å². The SMILES string of the molecule is O=C(NCC(CO)Cc1ccc(F)cc1)Nc1cccnc1Cl. The second kappa shape index (κ2) is 8.45. The van der Waals surface area contributed by atoms with Crippen LogP contribution in [0, 0.1) is 11.7 Å². The van der Waals surface area contributed by atoms with E-state index in [1.807, 2.05) is 0 Å².